The lowest BCUT2D eigenvalue weighted by molar-refractivity contribution is -0.143. The van der Waals surface area contributed by atoms with E-state index in [2.05, 4.69) is 15.4 Å². The first-order chi connectivity index (χ1) is 20.6. The van der Waals surface area contributed by atoms with Crippen molar-refractivity contribution in [3.05, 3.63) is 69.8 Å². The minimum Gasteiger partial charge on any atom is -0.330 e. The van der Waals surface area contributed by atoms with Crippen LogP contribution >= 0.6 is 0 Å². The van der Waals surface area contributed by atoms with E-state index < -0.39 is 60.8 Å². The highest BCUT2D eigenvalue weighted by molar-refractivity contribution is 5.42. The number of aryl methyl sites for hydroxylation is 1. The number of halogens is 10. The lowest BCUT2D eigenvalue weighted by Crippen LogP contribution is -2.43. The van der Waals surface area contributed by atoms with Crippen molar-refractivity contribution in [2.75, 3.05) is 18.0 Å². The van der Waals surface area contributed by atoms with Gasteiger partial charge in [0.2, 0.25) is 0 Å². The average molecular weight is 655 g/mol. The monoisotopic (exact) mass is 654 g/mol. The molecule has 0 aliphatic carbocycles. The molecule has 1 atom stereocenters. The molecule has 0 bridgehead atoms. The van der Waals surface area contributed by atoms with Crippen LogP contribution in [0.4, 0.5) is 49.9 Å². The van der Waals surface area contributed by atoms with Crippen LogP contribution in [-0.2, 0) is 38.4 Å². The van der Waals surface area contributed by atoms with Gasteiger partial charge in [-0.3, -0.25) is 4.90 Å². The lowest BCUT2D eigenvalue weighted by Gasteiger charge is -2.40. The zero-order valence-electron chi connectivity index (χ0n) is 24.8. The molecule has 0 N–H and O–H groups in total. The second kappa shape index (κ2) is 12.4. The summed E-state index contributed by atoms with van der Waals surface area (Å²) in [7, 11) is 1.39. The molecule has 1 unspecified atom stereocenters. The van der Waals surface area contributed by atoms with Crippen molar-refractivity contribution in [3.8, 4) is 0 Å². The van der Waals surface area contributed by atoms with Gasteiger partial charge in [0.05, 0.1) is 18.2 Å². The van der Waals surface area contributed by atoms with Crippen LogP contribution in [0.3, 0.4) is 0 Å². The fraction of sp³-hybridized carbons (Fsp3) is 0.552. The number of anilines is 1. The number of tetrazole rings is 1. The van der Waals surface area contributed by atoms with Gasteiger partial charge in [0.1, 0.15) is 0 Å². The molecular formula is C29H32F10N6. The molecule has 16 heteroatoms. The number of benzene rings is 2. The number of hydrogen-bond donors (Lipinski definition) is 0. The van der Waals surface area contributed by atoms with E-state index in [1.165, 1.54) is 30.1 Å². The van der Waals surface area contributed by atoms with Crippen LogP contribution in [0.5, 0.6) is 0 Å². The highest BCUT2D eigenvalue weighted by Crippen LogP contribution is 2.40. The fourth-order valence-electron chi connectivity index (χ4n) is 5.55. The van der Waals surface area contributed by atoms with Crippen molar-refractivity contribution in [1.82, 2.24) is 25.1 Å². The Kier molecular flexibility index (Phi) is 9.49. The van der Waals surface area contributed by atoms with Crippen LogP contribution in [0.1, 0.15) is 73.0 Å². The zero-order chi connectivity index (χ0) is 33.5. The fourth-order valence-corrected chi connectivity index (χ4v) is 5.55. The summed E-state index contributed by atoms with van der Waals surface area (Å²) in [4.78, 5) is 4.09. The molecule has 248 valence electrons. The maximum atomic E-state index is 14.5. The topological polar surface area (TPSA) is 50.1 Å². The first-order valence-electron chi connectivity index (χ1n) is 14.0. The summed E-state index contributed by atoms with van der Waals surface area (Å²) in [6.07, 6.45) is -11.0. The van der Waals surface area contributed by atoms with Crippen LogP contribution in [0.25, 0.3) is 0 Å². The minimum absolute atomic E-state index is 0.00863. The molecule has 0 amide bonds. The molecule has 1 aliphatic rings. The molecule has 6 nitrogen and oxygen atoms in total. The molecule has 45 heavy (non-hydrogen) atoms. The van der Waals surface area contributed by atoms with E-state index in [0.29, 0.717) is 24.6 Å². The molecule has 2 aromatic carbocycles. The van der Waals surface area contributed by atoms with Gasteiger partial charge in [-0.05, 0) is 52.1 Å². The lowest BCUT2D eigenvalue weighted by atomic mass is 9.87. The van der Waals surface area contributed by atoms with Crippen LogP contribution in [0, 0.1) is 5.92 Å². The number of likely N-dealkylation sites (tertiary alicyclic amines) is 1. The predicted octanol–water partition coefficient (Wildman–Crippen LogP) is 7.99. The molecule has 3 aromatic rings. The molecule has 0 radical (unpaired) electrons. The standard InChI is InChI=1S/C29H32F10N6/c1-17(2)24(44-9-7-27(32,33)8-10-44)23-6-5-20(26(3,30)31)13-19(23)16-45(25-40-42-43(4)41-25)15-18-11-21(28(34,35)36)14-22(12-18)29(37,38)39/h5-6,11-14,17,24H,7-10,15-16H2,1-4H3. The molecular weight excluding hydrogens is 622 g/mol. The van der Waals surface area contributed by atoms with Gasteiger partial charge in [-0.25, -0.2) is 17.6 Å². The molecule has 1 aliphatic heterocycles. The maximum Gasteiger partial charge on any atom is 0.416 e. The number of aromatic nitrogens is 4. The molecule has 0 saturated carbocycles. The Hall–Kier alpha value is -3.43. The van der Waals surface area contributed by atoms with E-state index >= 15 is 0 Å². The van der Waals surface area contributed by atoms with Crippen molar-refractivity contribution in [2.45, 2.75) is 76.9 Å². The molecule has 1 aromatic heterocycles. The quantitative estimate of drug-likeness (QED) is 0.219. The normalized spacial score (nSPS) is 17.1. The Labute approximate surface area is 253 Å². The minimum atomic E-state index is -5.09. The van der Waals surface area contributed by atoms with Gasteiger partial charge < -0.3 is 4.90 Å². The van der Waals surface area contributed by atoms with Crippen molar-refractivity contribution in [2.24, 2.45) is 13.0 Å². The predicted molar refractivity (Wildman–Crippen MR) is 144 cm³/mol. The first-order valence-corrected chi connectivity index (χ1v) is 14.0. The smallest absolute Gasteiger partial charge is 0.330 e. The van der Waals surface area contributed by atoms with Crippen LogP contribution in [-0.4, -0.2) is 44.1 Å². The van der Waals surface area contributed by atoms with E-state index in [0.717, 1.165) is 4.80 Å². The third kappa shape index (κ3) is 8.44. The molecule has 0 spiro atoms. The van der Waals surface area contributed by atoms with Gasteiger partial charge in [-0.1, -0.05) is 31.1 Å². The Morgan fingerprint density at radius 1 is 0.844 bits per heavy atom. The first kappa shape index (κ1) is 34.4. The van der Waals surface area contributed by atoms with E-state index in [4.69, 9.17) is 0 Å². The Balaban J connectivity index is 1.83. The van der Waals surface area contributed by atoms with Gasteiger partial charge in [0.25, 0.3) is 17.8 Å². The Morgan fingerprint density at radius 3 is 1.89 bits per heavy atom. The molecule has 1 saturated heterocycles. The van der Waals surface area contributed by atoms with Crippen LogP contribution in [0.15, 0.2) is 36.4 Å². The number of hydrogen-bond acceptors (Lipinski definition) is 5. The van der Waals surface area contributed by atoms with Gasteiger partial charge in [-0.15, -0.1) is 5.10 Å². The summed E-state index contributed by atoms with van der Waals surface area (Å²) in [5.74, 6) is -6.51. The van der Waals surface area contributed by atoms with Gasteiger partial charge >= 0.3 is 12.4 Å². The number of nitrogens with zero attached hydrogens (tertiary/aromatic N) is 6. The van der Waals surface area contributed by atoms with Gasteiger partial charge in [0.15, 0.2) is 0 Å². The highest BCUT2D eigenvalue weighted by atomic mass is 19.4. The van der Waals surface area contributed by atoms with Gasteiger partial charge in [-0.2, -0.15) is 31.1 Å². The summed E-state index contributed by atoms with van der Waals surface area (Å²) >= 11 is 0. The third-order valence-electron chi connectivity index (χ3n) is 7.69. The number of piperidine rings is 1. The largest absolute Gasteiger partial charge is 0.416 e. The summed E-state index contributed by atoms with van der Waals surface area (Å²) in [6.45, 7) is 3.52. The molecule has 1 fully saturated rings. The summed E-state index contributed by atoms with van der Waals surface area (Å²) < 4.78 is 139. The molecule has 4 rings (SSSR count). The summed E-state index contributed by atoms with van der Waals surface area (Å²) in [6, 6.07) is 4.53. The van der Waals surface area contributed by atoms with E-state index in [-0.39, 0.29) is 54.3 Å². The number of rotatable bonds is 9. The number of alkyl halides is 10. The highest BCUT2D eigenvalue weighted by Gasteiger charge is 2.39. The van der Waals surface area contributed by atoms with Crippen LogP contribution in [0.2, 0.25) is 0 Å². The van der Waals surface area contributed by atoms with Crippen molar-refractivity contribution in [1.29, 1.82) is 0 Å². The Morgan fingerprint density at radius 2 is 1.42 bits per heavy atom. The summed E-state index contributed by atoms with van der Waals surface area (Å²) in [5, 5.41) is 11.7. The summed E-state index contributed by atoms with van der Waals surface area (Å²) in [5.41, 5.74) is -3.07. The maximum absolute atomic E-state index is 14.5. The van der Waals surface area contributed by atoms with Crippen LogP contribution < -0.4 is 4.90 Å². The average Bonchev–Trinajstić information content (AvgIpc) is 3.34. The molecule has 2 heterocycles. The zero-order valence-corrected chi connectivity index (χ0v) is 24.8. The van der Waals surface area contributed by atoms with Crippen molar-refractivity contribution < 1.29 is 43.9 Å². The van der Waals surface area contributed by atoms with E-state index in [1.54, 1.807) is 0 Å². The van der Waals surface area contributed by atoms with Crippen molar-refractivity contribution in [3.63, 3.8) is 0 Å². The van der Waals surface area contributed by atoms with E-state index in [1.807, 2.05) is 18.7 Å². The Bertz CT molecular complexity index is 1430. The second-order valence-electron chi connectivity index (χ2n) is 11.7. The van der Waals surface area contributed by atoms with Gasteiger partial charge in [0, 0.05) is 57.5 Å². The SMILES string of the molecule is CC(C)C(c1ccc(C(C)(F)F)cc1CN(Cc1cc(C(F)(F)F)cc(C(F)(F)F)c1)c1nnn(C)n1)N1CCC(F)(F)CC1. The second-order valence-corrected chi connectivity index (χ2v) is 11.7. The van der Waals surface area contributed by atoms with E-state index in [9.17, 15) is 43.9 Å². The third-order valence-corrected chi connectivity index (χ3v) is 7.69. The van der Waals surface area contributed by atoms with Crippen molar-refractivity contribution >= 4 is 5.95 Å².